The molecule has 0 saturated heterocycles. The van der Waals surface area contributed by atoms with Gasteiger partial charge in [-0.1, -0.05) is 49.4 Å². The average molecular weight is 355 g/mol. The third kappa shape index (κ3) is 2.97. The van der Waals surface area contributed by atoms with Crippen molar-refractivity contribution >= 4 is 22.3 Å². The van der Waals surface area contributed by atoms with Crippen LogP contribution in [0.1, 0.15) is 44.6 Å². The maximum atomic E-state index is 12.8. The second kappa shape index (κ2) is 6.60. The first-order valence-corrected chi connectivity index (χ1v) is 10.3. The summed E-state index contributed by atoms with van der Waals surface area (Å²) >= 11 is 0. The standard InChI is InChI=1S/C25H25NO/c1-2-6-24(27)22-15-23(19-12-11-16-7-3-4-8-17(16)13-19)26-25(22)20-10-5-9-18-14-21(18)20/h3-4,7-8,10-13,15,18,21,25H,2,5-6,9,14H2,1H3. The lowest BCUT2D eigenvalue weighted by atomic mass is 9.88. The highest BCUT2D eigenvalue weighted by Crippen LogP contribution is 2.53. The van der Waals surface area contributed by atoms with E-state index in [2.05, 4.69) is 61.5 Å². The van der Waals surface area contributed by atoms with Crippen molar-refractivity contribution in [2.45, 2.75) is 45.1 Å². The third-order valence-electron chi connectivity index (χ3n) is 6.28. The van der Waals surface area contributed by atoms with Gasteiger partial charge in [0.2, 0.25) is 0 Å². The second-order valence-electron chi connectivity index (χ2n) is 8.14. The summed E-state index contributed by atoms with van der Waals surface area (Å²) in [6.45, 7) is 2.07. The summed E-state index contributed by atoms with van der Waals surface area (Å²) in [6, 6.07) is 14.8. The van der Waals surface area contributed by atoms with Gasteiger partial charge in [0.05, 0.1) is 5.71 Å². The summed E-state index contributed by atoms with van der Waals surface area (Å²) in [6.07, 6.45) is 9.69. The van der Waals surface area contributed by atoms with Crippen LogP contribution >= 0.6 is 0 Å². The number of carbonyl (C=O) groups excluding carboxylic acids is 1. The molecule has 0 bridgehead atoms. The number of rotatable bonds is 5. The molecule has 1 aliphatic heterocycles. The molecule has 3 aliphatic rings. The molecule has 0 radical (unpaired) electrons. The van der Waals surface area contributed by atoms with Gasteiger partial charge < -0.3 is 0 Å². The van der Waals surface area contributed by atoms with Gasteiger partial charge in [-0.05, 0) is 66.0 Å². The van der Waals surface area contributed by atoms with E-state index in [0.29, 0.717) is 12.3 Å². The molecule has 1 fully saturated rings. The van der Waals surface area contributed by atoms with Crippen LogP contribution in [0.5, 0.6) is 0 Å². The predicted octanol–water partition coefficient (Wildman–Crippen LogP) is 5.66. The Morgan fingerprint density at radius 2 is 2.00 bits per heavy atom. The zero-order chi connectivity index (χ0) is 18.4. The lowest BCUT2D eigenvalue weighted by molar-refractivity contribution is -0.115. The molecule has 0 amide bonds. The van der Waals surface area contributed by atoms with E-state index in [-0.39, 0.29) is 11.8 Å². The van der Waals surface area contributed by atoms with Gasteiger partial charge in [0, 0.05) is 17.6 Å². The Kier molecular flexibility index (Phi) is 4.07. The fourth-order valence-electron chi connectivity index (χ4n) is 4.74. The van der Waals surface area contributed by atoms with E-state index in [1.54, 1.807) is 0 Å². The minimum atomic E-state index is -0.0409. The number of Topliss-reactive ketones (excluding diaryl/α,β-unsaturated/α-hetero) is 1. The monoisotopic (exact) mass is 355 g/mol. The van der Waals surface area contributed by atoms with Crippen LogP contribution in [0.4, 0.5) is 0 Å². The van der Waals surface area contributed by atoms with E-state index in [4.69, 9.17) is 4.99 Å². The van der Waals surface area contributed by atoms with Crippen LogP contribution in [-0.4, -0.2) is 17.5 Å². The Morgan fingerprint density at radius 3 is 2.85 bits per heavy atom. The highest BCUT2D eigenvalue weighted by Gasteiger charge is 2.45. The van der Waals surface area contributed by atoms with Crippen molar-refractivity contribution in [1.29, 1.82) is 0 Å². The first kappa shape index (κ1) is 16.7. The number of nitrogens with zero attached hydrogens (tertiary/aromatic N) is 1. The lowest BCUT2D eigenvalue weighted by Gasteiger charge is -2.19. The molecule has 0 N–H and O–H groups in total. The van der Waals surface area contributed by atoms with E-state index in [9.17, 15) is 4.79 Å². The van der Waals surface area contributed by atoms with Crippen LogP contribution in [0.25, 0.3) is 10.8 Å². The van der Waals surface area contributed by atoms with E-state index in [0.717, 1.165) is 35.6 Å². The molecule has 0 aromatic heterocycles. The topological polar surface area (TPSA) is 29.4 Å². The summed E-state index contributed by atoms with van der Waals surface area (Å²) in [5.41, 5.74) is 4.41. The number of benzene rings is 2. The second-order valence-corrected chi connectivity index (χ2v) is 8.14. The number of hydrogen-bond acceptors (Lipinski definition) is 2. The molecule has 3 atom stereocenters. The average Bonchev–Trinajstić information content (AvgIpc) is 3.37. The Labute approximate surface area is 160 Å². The predicted molar refractivity (Wildman–Crippen MR) is 111 cm³/mol. The van der Waals surface area contributed by atoms with Gasteiger partial charge in [-0.25, -0.2) is 0 Å². The van der Waals surface area contributed by atoms with E-state index in [1.165, 1.54) is 29.2 Å². The van der Waals surface area contributed by atoms with Crippen molar-refractivity contribution in [1.82, 2.24) is 0 Å². The fraction of sp³-hybridized carbons (Fsp3) is 0.360. The Hall–Kier alpha value is -2.48. The molecule has 2 nitrogen and oxygen atoms in total. The van der Waals surface area contributed by atoms with Crippen molar-refractivity contribution in [3.8, 4) is 0 Å². The smallest absolute Gasteiger partial charge is 0.161 e. The maximum absolute atomic E-state index is 12.8. The van der Waals surface area contributed by atoms with E-state index < -0.39 is 0 Å². The highest BCUT2D eigenvalue weighted by molar-refractivity contribution is 6.17. The minimum absolute atomic E-state index is 0.0409. The molecule has 1 heterocycles. The third-order valence-corrected chi connectivity index (χ3v) is 6.28. The fourth-order valence-corrected chi connectivity index (χ4v) is 4.74. The first-order chi connectivity index (χ1) is 13.2. The Morgan fingerprint density at radius 1 is 1.15 bits per heavy atom. The zero-order valence-corrected chi connectivity index (χ0v) is 15.8. The van der Waals surface area contributed by atoms with Gasteiger partial charge >= 0.3 is 0 Å². The molecule has 3 unspecified atom stereocenters. The SMILES string of the molecule is CCCC(=O)C1=CC(c2ccc3ccccc3c2)=NC1C1=CCCC2CC12. The number of ketones is 1. The molecule has 27 heavy (non-hydrogen) atoms. The van der Waals surface area contributed by atoms with Crippen LogP contribution in [0, 0.1) is 11.8 Å². The van der Waals surface area contributed by atoms with Crippen LogP contribution < -0.4 is 0 Å². The van der Waals surface area contributed by atoms with Crippen LogP contribution in [0.2, 0.25) is 0 Å². The van der Waals surface area contributed by atoms with Crippen molar-refractivity contribution in [3.05, 3.63) is 71.3 Å². The Balaban J connectivity index is 1.55. The van der Waals surface area contributed by atoms with Crippen molar-refractivity contribution < 1.29 is 4.79 Å². The van der Waals surface area contributed by atoms with Crippen LogP contribution in [0.3, 0.4) is 0 Å². The molecule has 5 rings (SSSR count). The molecule has 2 aliphatic carbocycles. The number of hydrogen-bond donors (Lipinski definition) is 0. The summed E-state index contributed by atoms with van der Waals surface area (Å²) in [5.74, 6) is 1.78. The zero-order valence-electron chi connectivity index (χ0n) is 15.8. The van der Waals surface area contributed by atoms with Crippen LogP contribution in [-0.2, 0) is 4.79 Å². The highest BCUT2D eigenvalue weighted by atomic mass is 16.1. The number of fused-ring (bicyclic) bond motifs is 2. The summed E-state index contributed by atoms with van der Waals surface area (Å²) in [7, 11) is 0. The summed E-state index contributed by atoms with van der Waals surface area (Å²) < 4.78 is 0. The molecule has 1 saturated carbocycles. The number of carbonyl (C=O) groups is 1. The molecular weight excluding hydrogens is 330 g/mol. The quantitative estimate of drug-likeness (QED) is 0.636. The molecule has 0 spiro atoms. The Bertz CT molecular complexity index is 1010. The van der Waals surface area contributed by atoms with Gasteiger partial charge in [0.1, 0.15) is 6.04 Å². The summed E-state index contributed by atoms with van der Waals surface area (Å²) in [4.78, 5) is 17.9. The van der Waals surface area contributed by atoms with Crippen molar-refractivity contribution in [3.63, 3.8) is 0 Å². The van der Waals surface area contributed by atoms with Gasteiger partial charge in [-0.3, -0.25) is 9.79 Å². The van der Waals surface area contributed by atoms with Crippen molar-refractivity contribution in [2.24, 2.45) is 16.8 Å². The molecule has 2 aromatic carbocycles. The molecular formula is C25H25NO. The van der Waals surface area contributed by atoms with Gasteiger partial charge in [0.25, 0.3) is 0 Å². The van der Waals surface area contributed by atoms with E-state index >= 15 is 0 Å². The molecule has 2 heteroatoms. The molecule has 2 aromatic rings. The lowest BCUT2D eigenvalue weighted by Crippen LogP contribution is -2.19. The van der Waals surface area contributed by atoms with Gasteiger partial charge in [-0.15, -0.1) is 0 Å². The van der Waals surface area contributed by atoms with Gasteiger partial charge in [0.15, 0.2) is 5.78 Å². The number of allylic oxidation sites excluding steroid dienone is 2. The maximum Gasteiger partial charge on any atom is 0.161 e. The van der Waals surface area contributed by atoms with Crippen LogP contribution in [0.15, 0.2) is 70.8 Å². The van der Waals surface area contributed by atoms with Crippen molar-refractivity contribution in [2.75, 3.05) is 0 Å². The van der Waals surface area contributed by atoms with Gasteiger partial charge in [-0.2, -0.15) is 0 Å². The summed E-state index contributed by atoms with van der Waals surface area (Å²) in [5, 5.41) is 2.45. The molecule has 136 valence electrons. The minimum Gasteiger partial charge on any atom is -0.294 e. The van der Waals surface area contributed by atoms with E-state index in [1.807, 2.05) is 0 Å². The largest absolute Gasteiger partial charge is 0.294 e. The first-order valence-electron chi connectivity index (χ1n) is 10.3. The number of aliphatic imine (C=N–C) groups is 1. The normalized spacial score (nSPS) is 26.3.